The van der Waals surface area contributed by atoms with E-state index in [1.807, 2.05) is 6.92 Å². The molecule has 1 aliphatic rings. The molecule has 2 heterocycles. The average molecular weight is 270 g/mol. The maximum Gasteiger partial charge on any atom is 0.222 e. The van der Waals surface area contributed by atoms with Crippen LogP contribution in [0.5, 0.6) is 0 Å². The normalized spacial score (nSPS) is 19.8. The summed E-state index contributed by atoms with van der Waals surface area (Å²) in [6.07, 6.45) is 1.16. The quantitative estimate of drug-likeness (QED) is 0.899. The SMILES string of the molecule is Cc1nc(N)nc(N2CCC(CN(C)C)C2)c1Cl. The summed E-state index contributed by atoms with van der Waals surface area (Å²) >= 11 is 6.27. The first-order valence-electron chi connectivity index (χ1n) is 6.16. The molecule has 0 saturated carbocycles. The third-order valence-corrected chi connectivity index (χ3v) is 3.67. The van der Waals surface area contributed by atoms with Crippen LogP contribution in [0, 0.1) is 12.8 Å². The molecule has 0 aliphatic carbocycles. The molecule has 1 atom stereocenters. The van der Waals surface area contributed by atoms with E-state index in [0.29, 0.717) is 16.9 Å². The van der Waals surface area contributed by atoms with Gasteiger partial charge in [-0.05, 0) is 33.4 Å². The van der Waals surface area contributed by atoms with Crippen molar-refractivity contribution in [2.24, 2.45) is 5.92 Å². The molecule has 2 rings (SSSR count). The number of nitrogens with zero attached hydrogens (tertiary/aromatic N) is 4. The zero-order chi connectivity index (χ0) is 13.3. The largest absolute Gasteiger partial charge is 0.368 e. The number of rotatable bonds is 3. The molecular weight excluding hydrogens is 250 g/mol. The van der Waals surface area contributed by atoms with Crippen molar-refractivity contribution < 1.29 is 0 Å². The van der Waals surface area contributed by atoms with Crippen molar-refractivity contribution in [3.05, 3.63) is 10.7 Å². The van der Waals surface area contributed by atoms with Gasteiger partial charge in [0.15, 0.2) is 5.82 Å². The van der Waals surface area contributed by atoms with Gasteiger partial charge in [0.25, 0.3) is 0 Å². The summed E-state index contributed by atoms with van der Waals surface area (Å²) in [6, 6.07) is 0. The maximum atomic E-state index is 6.27. The van der Waals surface area contributed by atoms with Gasteiger partial charge in [0.1, 0.15) is 5.02 Å². The van der Waals surface area contributed by atoms with Crippen LogP contribution in [0.4, 0.5) is 11.8 Å². The summed E-state index contributed by atoms with van der Waals surface area (Å²) in [4.78, 5) is 12.8. The van der Waals surface area contributed by atoms with Crippen LogP contribution in [0.3, 0.4) is 0 Å². The lowest BCUT2D eigenvalue weighted by Crippen LogP contribution is -2.26. The molecule has 6 heteroatoms. The second-order valence-corrected chi connectivity index (χ2v) is 5.55. The van der Waals surface area contributed by atoms with Crippen molar-refractivity contribution in [3.8, 4) is 0 Å². The maximum absolute atomic E-state index is 6.27. The Kier molecular flexibility index (Phi) is 3.92. The molecule has 5 nitrogen and oxygen atoms in total. The molecule has 0 radical (unpaired) electrons. The molecule has 0 aromatic carbocycles. The summed E-state index contributed by atoms with van der Waals surface area (Å²) in [6.45, 7) is 4.91. The van der Waals surface area contributed by atoms with Crippen molar-refractivity contribution >= 4 is 23.4 Å². The fourth-order valence-corrected chi connectivity index (χ4v) is 2.67. The zero-order valence-electron chi connectivity index (χ0n) is 11.1. The summed E-state index contributed by atoms with van der Waals surface area (Å²) in [5.41, 5.74) is 6.44. The first kappa shape index (κ1) is 13.4. The summed E-state index contributed by atoms with van der Waals surface area (Å²) in [7, 11) is 4.20. The number of anilines is 2. The first-order valence-corrected chi connectivity index (χ1v) is 6.54. The van der Waals surface area contributed by atoms with E-state index in [4.69, 9.17) is 17.3 Å². The number of hydrogen-bond acceptors (Lipinski definition) is 5. The number of nitrogen functional groups attached to an aromatic ring is 1. The molecular formula is C12H20ClN5. The van der Waals surface area contributed by atoms with Gasteiger partial charge in [0.2, 0.25) is 5.95 Å². The standard InChI is InChI=1S/C12H20ClN5/c1-8-10(13)11(16-12(14)15-8)18-5-4-9(7-18)6-17(2)3/h9H,4-7H2,1-3H3,(H2,14,15,16). The highest BCUT2D eigenvalue weighted by Gasteiger charge is 2.26. The molecule has 1 unspecified atom stereocenters. The summed E-state index contributed by atoms with van der Waals surface area (Å²) in [5.74, 6) is 1.73. The second-order valence-electron chi connectivity index (χ2n) is 5.17. The van der Waals surface area contributed by atoms with E-state index in [2.05, 4.69) is 33.9 Å². The van der Waals surface area contributed by atoms with E-state index >= 15 is 0 Å². The van der Waals surface area contributed by atoms with Gasteiger partial charge in [-0.25, -0.2) is 4.98 Å². The Balaban J connectivity index is 2.14. The molecule has 1 aromatic rings. The molecule has 2 N–H and O–H groups in total. The van der Waals surface area contributed by atoms with E-state index in [0.717, 1.165) is 37.6 Å². The highest BCUT2D eigenvalue weighted by molar-refractivity contribution is 6.33. The Hall–Kier alpha value is -1.07. The lowest BCUT2D eigenvalue weighted by molar-refractivity contribution is 0.340. The third-order valence-electron chi connectivity index (χ3n) is 3.23. The van der Waals surface area contributed by atoms with Crippen LogP contribution >= 0.6 is 11.6 Å². The van der Waals surface area contributed by atoms with Gasteiger partial charge in [-0.2, -0.15) is 4.98 Å². The minimum atomic E-state index is 0.294. The second kappa shape index (κ2) is 5.28. The van der Waals surface area contributed by atoms with Gasteiger partial charge >= 0.3 is 0 Å². The fourth-order valence-electron chi connectivity index (χ4n) is 2.47. The number of aryl methyl sites for hydroxylation is 1. The van der Waals surface area contributed by atoms with Gasteiger partial charge in [0.05, 0.1) is 5.69 Å². The van der Waals surface area contributed by atoms with Crippen LogP contribution in [0.15, 0.2) is 0 Å². The lowest BCUT2D eigenvalue weighted by Gasteiger charge is -2.20. The summed E-state index contributed by atoms with van der Waals surface area (Å²) < 4.78 is 0. The Morgan fingerprint density at radius 3 is 2.83 bits per heavy atom. The van der Waals surface area contributed by atoms with Crippen molar-refractivity contribution in [1.82, 2.24) is 14.9 Å². The Morgan fingerprint density at radius 2 is 2.17 bits per heavy atom. The molecule has 1 aliphatic heterocycles. The van der Waals surface area contributed by atoms with Crippen LogP contribution in [-0.2, 0) is 0 Å². The minimum absolute atomic E-state index is 0.294. The van der Waals surface area contributed by atoms with Crippen LogP contribution in [0.1, 0.15) is 12.1 Å². The lowest BCUT2D eigenvalue weighted by atomic mass is 10.1. The molecule has 100 valence electrons. The van der Waals surface area contributed by atoms with Crippen LogP contribution in [0.2, 0.25) is 5.02 Å². The molecule has 0 bridgehead atoms. The predicted molar refractivity (Wildman–Crippen MR) is 75.1 cm³/mol. The molecule has 1 saturated heterocycles. The monoisotopic (exact) mass is 269 g/mol. The van der Waals surface area contributed by atoms with Crippen molar-refractivity contribution in [1.29, 1.82) is 0 Å². The van der Waals surface area contributed by atoms with E-state index in [9.17, 15) is 0 Å². The number of nitrogens with two attached hydrogens (primary N) is 1. The Labute approximate surface area is 113 Å². The first-order chi connectivity index (χ1) is 8.47. The topological polar surface area (TPSA) is 58.3 Å². The minimum Gasteiger partial charge on any atom is -0.368 e. The number of halogens is 1. The van der Waals surface area contributed by atoms with E-state index in [1.165, 1.54) is 0 Å². The molecule has 1 fully saturated rings. The predicted octanol–water partition coefficient (Wildman–Crippen LogP) is 1.41. The van der Waals surface area contributed by atoms with Gasteiger partial charge in [-0.1, -0.05) is 11.6 Å². The fraction of sp³-hybridized carbons (Fsp3) is 0.667. The molecule has 0 amide bonds. The third kappa shape index (κ3) is 2.84. The zero-order valence-corrected chi connectivity index (χ0v) is 11.9. The van der Waals surface area contributed by atoms with Crippen LogP contribution in [-0.4, -0.2) is 48.6 Å². The van der Waals surface area contributed by atoms with Crippen molar-refractivity contribution in [2.75, 3.05) is 44.4 Å². The van der Waals surface area contributed by atoms with E-state index < -0.39 is 0 Å². The van der Waals surface area contributed by atoms with E-state index in [-0.39, 0.29) is 0 Å². The van der Waals surface area contributed by atoms with Crippen LogP contribution < -0.4 is 10.6 Å². The van der Waals surface area contributed by atoms with Gasteiger partial charge in [-0.3, -0.25) is 0 Å². The highest BCUT2D eigenvalue weighted by atomic mass is 35.5. The molecule has 1 aromatic heterocycles. The molecule has 0 spiro atoms. The number of hydrogen-bond donors (Lipinski definition) is 1. The highest BCUT2D eigenvalue weighted by Crippen LogP contribution is 2.30. The Morgan fingerprint density at radius 1 is 1.44 bits per heavy atom. The summed E-state index contributed by atoms with van der Waals surface area (Å²) in [5, 5.41) is 0.620. The van der Waals surface area contributed by atoms with Gasteiger partial charge < -0.3 is 15.5 Å². The molecule has 18 heavy (non-hydrogen) atoms. The average Bonchev–Trinajstić information content (AvgIpc) is 2.70. The van der Waals surface area contributed by atoms with Gasteiger partial charge in [0, 0.05) is 19.6 Å². The van der Waals surface area contributed by atoms with Crippen LogP contribution in [0.25, 0.3) is 0 Å². The number of aromatic nitrogens is 2. The smallest absolute Gasteiger partial charge is 0.222 e. The van der Waals surface area contributed by atoms with E-state index in [1.54, 1.807) is 0 Å². The van der Waals surface area contributed by atoms with Gasteiger partial charge in [-0.15, -0.1) is 0 Å². The van der Waals surface area contributed by atoms with Crippen molar-refractivity contribution in [2.45, 2.75) is 13.3 Å². The Bertz CT molecular complexity index is 435. The van der Waals surface area contributed by atoms with Crippen molar-refractivity contribution in [3.63, 3.8) is 0 Å².